The van der Waals surface area contributed by atoms with Gasteiger partial charge in [0.1, 0.15) is 12.2 Å². The fourth-order valence-corrected chi connectivity index (χ4v) is 6.01. The largest absolute Gasteiger partial charge is 0.388 e. The van der Waals surface area contributed by atoms with E-state index in [2.05, 4.69) is 26.6 Å². The van der Waals surface area contributed by atoms with Crippen molar-refractivity contribution < 1.29 is 20.1 Å². The second-order valence-corrected chi connectivity index (χ2v) is 10.4. The van der Waals surface area contributed by atoms with E-state index in [0.717, 1.165) is 25.7 Å². The minimum atomic E-state index is -1.12. The van der Waals surface area contributed by atoms with Gasteiger partial charge in [0.25, 0.3) is 11.4 Å². The van der Waals surface area contributed by atoms with Crippen molar-refractivity contribution in [3.8, 4) is 0 Å². The molecule has 0 aliphatic heterocycles. The van der Waals surface area contributed by atoms with E-state index in [-0.39, 0.29) is 11.4 Å². The second kappa shape index (κ2) is 10.1. The molecule has 0 amide bonds. The first-order valence-electron chi connectivity index (χ1n) is 11.8. The summed E-state index contributed by atoms with van der Waals surface area (Å²) in [6.45, 7) is 0. The molecular weight excluding hydrogens is 520 g/mol. The van der Waals surface area contributed by atoms with Gasteiger partial charge in [-0.25, -0.2) is 0 Å². The highest BCUT2D eigenvalue weighted by molar-refractivity contribution is 9.10. The third-order valence-corrected chi connectivity index (χ3v) is 8.10. The van der Waals surface area contributed by atoms with Crippen molar-refractivity contribution in [3.05, 3.63) is 67.2 Å². The predicted molar refractivity (Wildman–Crippen MR) is 136 cm³/mol. The Bertz CT molecular complexity index is 1080. The number of nitrogens with zero attached hydrogens (tertiary/aromatic N) is 2. The molecule has 2 saturated carbocycles. The van der Waals surface area contributed by atoms with Crippen LogP contribution in [-0.2, 0) is 0 Å². The van der Waals surface area contributed by atoms with Crippen molar-refractivity contribution in [2.75, 3.05) is 10.6 Å². The topological polar surface area (TPSA) is 151 Å². The van der Waals surface area contributed by atoms with Crippen LogP contribution in [0, 0.1) is 20.2 Å². The first-order chi connectivity index (χ1) is 16.7. The summed E-state index contributed by atoms with van der Waals surface area (Å²) >= 11 is 3.40. The molecule has 188 valence electrons. The molecule has 11 heteroatoms. The van der Waals surface area contributed by atoms with Crippen LogP contribution in [-0.4, -0.2) is 43.3 Å². The van der Waals surface area contributed by atoms with Crippen molar-refractivity contribution in [3.63, 3.8) is 0 Å². The van der Waals surface area contributed by atoms with Crippen LogP contribution in [0.5, 0.6) is 0 Å². The van der Waals surface area contributed by atoms with Crippen molar-refractivity contribution in [1.29, 1.82) is 0 Å². The van der Waals surface area contributed by atoms with E-state index in [0.29, 0.717) is 41.5 Å². The van der Waals surface area contributed by atoms with E-state index in [4.69, 9.17) is 0 Å². The van der Waals surface area contributed by atoms with Gasteiger partial charge in [-0.1, -0.05) is 25.7 Å². The van der Waals surface area contributed by atoms with Crippen LogP contribution < -0.4 is 10.6 Å². The summed E-state index contributed by atoms with van der Waals surface area (Å²) in [6.07, 6.45) is 3.90. The number of anilines is 2. The van der Waals surface area contributed by atoms with E-state index >= 15 is 0 Å². The third kappa shape index (κ3) is 5.12. The molecule has 2 unspecified atom stereocenters. The quantitative estimate of drug-likeness (QED) is 0.248. The Morgan fingerprint density at radius 2 is 1.23 bits per heavy atom. The average molecular weight is 549 g/mol. The van der Waals surface area contributed by atoms with Gasteiger partial charge in [-0.2, -0.15) is 0 Å². The summed E-state index contributed by atoms with van der Waals surface area (Å²) in [4.78, 5) is 21.2. The number of hydrogen-bond acceptors (Lipinski definition) is 8. The molecule has 0 spiro atoms. The van der Waals surface area contributed by atoms with Crippen molar-refractivity contribution in [1.82, 2.24) is 0 Å². The molecule has 0 radical (unpaired) electrons. The van der Waals surface area contributed by atoms with Gasteiger partial charge in [0.15, 0.2) is 0 Å². The van der Waals surface area contributed by atoms with Gasteiger partial charge in [-0.3, -0.25) is 20.2 Å². The molecule has 4 N–H and O–H groups in total. The van der Waals surface area contributed by atoms with Gasteiger partial charge in [0.2, 0.25) is 0 Å². The highest BCUT2D eigenvalue weighted by atomic mass is 79.9. The van der Waals surface area contributed by atoms with Crippen LogP contribution in [0.3, 0.4) is 0 Å². The molecule has 0 aromatic heterocycles. The Morgan fingerprint density at radius 1 is 0.771 bits per heavy atom. The Hall–Kier alpha value is -2.76. The molecule has 2 fully saturated rings. The lowest BCUT2D eigenvalue weighted by Gasteiger charge is -2.45. The summed E-state index contributed by atoms with van der Waals surface area (Å²) in [5, 5.41) is 52.1. The molecule has 0 heterocycles. The number of nitro groups is 2. The normalized spacial score (nSPS) is 20.2. The smallest absolute Gasteiger partial charge is 0.270 e. The van der Waals surface area contributed by atoms with Gasteiger partial charge < -0.3 is 20.8 Å². The molecule has 35 heavy (non-hydrogen) atoms. The number of rotatable bonds is 9. The van der Waals surface area contributed by atoms with Gasteiger partial charge in [0.05, 0.1) is 20.9 Å². The molecule has 0 saturated heterocycles. The summed E-state index contributed by atoms with van der Waals surface area (Å²) in [6, 6.07) is 10.5. The maximum Gasteiger partial charge on any atom is 0.270 e. The van der Waals surface area contributed by atoms with Crippen LogP contribution in [0.4, 0.5) is 22.7 Å². The third-order valence-electron chi connectivity index (χ3n) is 7.44. The monoisotopic (exact) mass is 548 g/mol. The van der Waals surface area contributed by atoms with Crippen LogP contribution in [0.25, 0.3) is 0 Å². The van der Waals surface area contributed by atoms with Crippen molar-refractivity contribution in [2.24, 2.45) is 0 Å². The second-order valence-electron chi connectivity index (χ2n) is 9.59. The zero-order valence-electron chi connectivity index (χ0n) is 19.2. The number of hydrogen-bond donors (Lipinski definition) is 4. The minimum Gasteiger partial charge on any atom is -0.388 e. The number of aliphatic hydroxyl groups excluding tert-OH is 2. The summed E-state index contributed by atoms with van der Waals surface area (Å²) in [5.41, 5.74) is -0.368. The standard InChI is InChI=1S/C24H29BrN4O6/c25-19-15-18(29(34)35)9-10-20(19)27-24(13-3-4-14-24)22(31)21(30)23(11-1-2-12-23)26-16-5-7-17(8-6-16)28(32)33/h5-10,15,21-22,26-27,30-31H,1-4,11-14H2. The number of halogens is 1. The summed E-state index contributed by atoms with van der Waals surface area (Å²) in [7, 11) is 0. The zero-order chi connectivity index (χ0) is 25.2. The van der Waals surface area contributed by atoms with E-state index in [1.807, 2.05) is 0 Å². The van der Waals surface area contributed by atoms with E-state index in [1.54, 1.807) is 18.2 Å². The van der Waals surface area contributed by atoms with E-state index < -0.39 is 33.1 Å². The van der Waals surface area contributed by atoms with Gasteiger partial charge in [0, 0.05) is 40.1 Å². The van der Waals surface area contributed by atoms with Crippen molar-refractivity contribution >= 4 is 38.7 Å². The van der Waals surface area contributed by atoms with Crippen LogP contribution in [0.2, 0.25) is 0 Å². The van der Waals surface area contributed by atoms with Gasteiger partial charge in [-0.15, -0.1) is 0 Å². The van der Waals surface area contributed by atoms with E-state index in [9.17, 15) is 30.4 Å². The Balaban J connectivity index is 1.59. The number of nitro benzene ring substituents is 2. The van der Waals surface area contributed by atoms with Crippen LogP contribution in [0.1, 0.15) is 51.4 Å². The molecule has 2 aromatic rings. The average Bonchev–Trinajstić information content (AvgIpc) is 3.51. The number of benzene rings is 2. The highest BCUT2D eigenvalue weighted by Gasteiger charge is 2.52. The lowest BCUT2D eigenvalue weighted by molar-refractivity contribution is -0.385. The molecule has 0 bridgehead atoms. The first-order valence-corrected chi connectivity index (χ1v) is 12.6. The van der Waals surface area contributed by atoms with Crippen LogP contribution >= 0.6 is 15.9 Å². The molecule has 2 aliphatic rings. The Morgan fingerprint density at radius 3 is 1.69 bits per heavy atom. The molecule has 2 aromatic carbocycles. The fraction of sp³-hybridized carbons (Fsp3) is 0.500. The maximum absolute atomic E-state index is 11.6. The number of aliphatic hydroxyl groups is 2. The van der Waals surface area contributed by atoms with Gasteiger partial charge >= 0.3 is 0 Å². The maximum atomic E-state index is 11.6. The number of non-ortho nitro benzene ring substituents is 2. The minimum absolute atomic E-state index is 0.0145. The van der Waals surface area contributed by atoms with Crippen molar-refractivity contribution in [2.45, 2.75) is 74.7 Å². The number of nitrogens with one attached hydrogen (secondary N) is 2. The van der Waals surface area contributed by atoms with Gasteiger partial charge in [-0.05, 0) is 59.8 Å². The summed E-state index contributed by atoms with van der Waals surface area (Å²) < 4.78 is 0.513. The SMILES string of the molecule is O=[N+]([O-])c1ccc(NC2(C(O)C(O)C3(Nc4ccc([N+](=O)[O-])cc4Br)CCCC3)CCCC2)cc1. The molecule has 4 rings (SSSR count). The lowest BCUT2D eigenvalue weighted by Crippen LogP contribution is -2.61. The molecular formula is C24H29BrN4O6. The molecule has 2 aliphatic carbocycles. The highest BCUT2D eigenvalue weighted by Crippen LogP contribution is 2.44. The molecule has 2 atom stereocenters. The van der Waals surface area contributed by atoms with E-state index in [1.165, 1.54) is 24.3 Å². The Kier molecular flexibility index (Phi) is 7.30. The molecule has 10 nitrogen and oxygen atoms in total. The Labute approximate surface area is 211 Å². The zero-order valence-corrected chi connectivity index (χ0v) is 20.7. The predicted octanol–water partition coefficient (Wildman–Crippen LogP) is 5.14. The fourth-order valence-electron chi connectivity index (χ4n) is 5.55. The van der Waals surface area contributed by atoms with Crippen LogP contribution in [0.15, 0.2) is 46.9 Å². The lowest BCUT2D eigenvalue weighted by atomic mass is 9.77. The first kappa shape index (κ1) is 25.3. The summed E-state index contributed by atoms with van der Waals surface area (Å²) in [5.74, 6) is 0.